The average Bonchev–Trinajstić information content (AvgIpc) is 2.29. The van der Waals surface area contributed by atoms with Gasteiger partial charge in [-0.25, -0.2) is 9.97 Å². The van der Waals surface area contributed by atoms with E-state index in [1.165, 1.54) is 0 Å². The third kappa shape index (κ3) is 2.66. The van der Waals surface area contributed by atoms with E-state index in [-0.39, 0.29) is 12.2 Å². The van der Waals surface area contributed by atoms with Crippen molar-refractivity contribution >= 4 is 21.9 Å². The summed E-state index contributed by atoms with van der Waals surface area (Å²) >= 11 is 3.45. The maximum absolute atomic E-state index is 5.74. The molecule has 4 nitrogen and oxygen atoms in total. The van der Waals surface area contributed by atoms with Crippen LogP contribution in [0.25, 0.3) is 0 Å². The van der Waals surface area contributed by atoms with Gasteiger partial charge in [0, 0.05) is 30.8 Å². The van der Waals surface area contributed by atoms with Crippen molar-refractivity contribution in [3.8, 4) is 0 Å². The summed E-state index contributed by atoms with van der Waals surface area (Å²) in [5, 5.41) is 0.848. The van der Waals surface area contributed by atoms with E-state index in [2.05, 4.69) is 37.7 Å². The normalized spacial score (nSPS) is 26.7. The highest BCUT2D eigenvalue weighted by molar-refractivity contribution is 9.09. The molecule has 2 atom stereocenters. The van der Waals surface area contributed by atoms with Crippen LogP contribution in [-0.4, -0.2) is 40.6 Å². The summed E-state index contributed by atoms with van der Waals surface area (Å²) in [4.78, 5) is 10.7. The molecule has 0 bridgehead atoms. The standard InChI is InChI=1S/C10H14BrN3O/c1-8-6-14(7-9(5-11)15-8)10-12-3-2-4-13-10/h2-4,8-9H,5-7H2,1H3. The van der Waals surface area contributed by atoms with Gasteiger partial charge < -0.3 is 9.64 Å². The number of nitrogens with zero attached hydrogens (tertiary/aromatic N) is 3. The van der Waals surface area contributed by atoms with Crippen LogP contribution in [0.3, 0.4) is 0 Å². The lowest BCUT2D eigenvalue weighted by Gasteiger charge is -2.36. The van der Waals surface area contributed by atoms with E-state index in [4.69, 9.17) is 4.74 Å². The highest BCUT2D eigenvalue weighted by Gasteiger charge is 2.25. The zero-order valence-corrected chi connectivity index (χ0v) is 10.2. The number of anilines is 1. The molecule has 5 heteroatoms. The summed E-state index contributed by atoms with van der Waals surface area (Å²) < 4.78 is 5.74. The van der Waals surface area contributed by atoms with Crippen LogP contribution in [0.5, 0.6) is 0 Å². The predicted molar refractivity (Wildman–Crippen MR) is 62.4 cm³/mol. The van der Waals surface area contributed by atoms with Crippen molar-refractivity contribution in [2.45, 2.75) is 19.1 Å². The van der Waals surface area contributed by atoms with Gasteiger partial charge in [0.15, 0.2) is 0 Å². The summed E-state index contributed by atoms with van der Waals surface area (Å²) in [6, 6.07) is 1.83. The molecule has 0 amide bonds. The Morgan fingerprint density at radius 2 is 2.20 bits per heavy atom. The van der Waals surface area contributed by atoms with Crippen LogP contribution in [0, 0.1) is 0 Å². The van der Waals surface area contributed by atoms with Crippen LogP contribution in [0.4, 0.5) is 5.95 Å². The topological polar surface area (TPSA) is 38.2 Å². The zero-order chi connectivity index (χ0) is 10.7. The molecule has 0 spiro atoms. The molecule has 0 N–H and O–H groups in total. The Balaban J connectivity index is 2.09. The number of aromatic nitrogens is 2. The first-order valence-electron chi connectivity index (χ1n) is 5.03. The van der Waals surface area contributed by atoms with Crippen LogP contribution in [0.2, 0.25) is 0 Å². The van der Waals surface area contributed by atoms with Crippen LogP contribution in [0.1, 0.15) is 6.92 Å². The fourth-order valence-corrected chi connectivity index (χ4v) is 2.11. The molecule has 0 saturated carbocycles. The van der Waals surface area contributed by atoms with Crippen LogP contribution in [0.15, 0.2) is 18.5 Å². The number of hydrogen-bond donors (Lipinski definition) is 0. The van der Waals surface area contributed by atoms with E-state index in [1.807, 2.05) is 6.07 Å². The quantitative estimate of drug-likeness (QED) is 0.764. The lowest BCUT2D eigenvalue weighted by molar-refractivity contribution is -0.00249. The Hall–Kier alpha value is -0.680. The van der Waals surface area contributed by atoms with Gasteiger partial charge in [-0.3, -0.25) is 0 Å². The van der Waals surface area contributed by atoms with Gasteiger partial charge in [0.25, 0.3) is 0 Å². The fraction of sp³-hybridized carbons (Fsp3) is 0.600. The van der Waals surface area contributed by atoms with Crippen molar-refractivity contribution in [1.29, 1.82) is 0 Å². The number of hydrogen-bond acceptors (Lipinski definition) is 4. The summed E-state index contributed by atoms with van der Waals surface area (Å²) in [5.74, 6) is 0.790. The molecule has 1 fully saturated rings. The number of halogens is 1. The van der Waals surface area contributed by atoms with Gasteiger partial charge in [-0.05, 0) is 13.0 Å². The molecule has 1 aromatic heterocycles. The summed E-state index contributed by atoms with van der Waals surface area (Å²) in [6.45, 7) is 3.78. The lowest BCUT2D eigenvalue weighted by atomic mass is 10.2. The van der Waals surface area contributed by atoms with E-state index >= 15 is 0 Å². The summed E-state index contributed by atoms with van der Waals surface area (Å²) in [5.41, 5.74) is 0. The molecule has 2 unspecified atom stereocenters. The van der Waals surface area contributed by atoms with Crippen molar-refractivity contribution in [2.75, 3.05) is 23.3 Å². The minimum Gasteiger partial charge on any atom is -0.371 e. The Bertz CT molecular complexity index is 309. The number of alkyl halides is 1. The third-order valence-electron chi connectivity index (χ3n) is 2.33. The fourth-order valence-electron chi connectivity index (χ4n) is 1.75. The van der Waals surface area contributed by atoms with Crippen LogP contribution < -0.4 is 4.90 Å². The van der Waals surface area contributed by atoms with Crippen molar-refractivity contribution in [3.05, 3.63) is 18.5 Å². The van der Waals surface area contributed by atoms with Gasteiger partial charge in [-0.1, -0.05) is 15.9 Å². The maximum Gasteiger partial charge on any atom is 0.225 e. The molecular weight excluding hydrogens is 258 g/mol. The lowest BCUT2D eigenvalue weighted by Crippen LogP contribution is -2.48. The summed E-state index contributed by atoms with van der Waals surface area (Å²) in [6.07, 6.45) is 3.99. The Morgan fingerprint density at radius 3 is 2.87 bits per heavy atom. The molecule has 2 rings (SSSR count). The molecule has 0 radical (unpaired) electrons. The monoisotopic (exact) mass is 271 g/mol. The Morgan fingerprint density at radius 1 is 1.47 bits per heavy atom. The van der Waals surface area contributed by atoms with E-state index < -0.39 is 0 Å². The van der Waals surface area contributed by atoms with Gasteiger partial charge in [0.05, 0.1) is 12.2 Å². The molecule has 1 aliphatic rings. The predicted octanol–water partition coefficient (Wildman–Crippen LogP) is 1.47. The first kappa shape index (κ1) is 10.8. The molecule has 82 valence electrons. The number of ether oxygens (including phenoxy) is 1. The minimum atomic E-state index is 0.220. The second-order valence-electron chi connectivity index (χ2n) is 3.68. The maximum atomic E-state index is 5.74. The van der Waals surface area contributed by atoms with Gasteiger partial charge in [0.2, 0.25) is 5.95 Å². The molecular formula is C10H14BrN3O. The largest absolute Gasteiger partial charge is 0.371 e. The van der Waals surface area contributed by atoms with Crippen LogP contribution >= 0.6 is 15.9 Å². The second kappa shape index (κ2) is 4.90. The highest BCUT2D eigenvalue weighted by Crippen LogP contribution is 2.16. The first-order valence-corrected chi connectivity index (χ1v) is 6.15. The van der Waals surface area contributed by atoms with Gasteiger partial charge in [-0.15, -0.1) is 0 Å². The SMILES string of the molecule is CC1CN(c2ncccn2)CC(CBr)O1. The van der Waals surface area contributed by atoms with Crippen molar-refractivity contribution in [1.82, 2.24) is 9.97 Å². The van der Waals surface area contributed by atoms with E-state index in [0.29, 0.717) is 0 Å². The van der Waals surface area contributed by atoms with Crippen LogP contribution in [-0.2, 0) is 4.74 Å². The summed E-state index contributed by atoms with van der Waals surface area (Å²) in [7, 11) is 0. The van der Waals surface area contributed by atoms with Gasteiger partial charge >= 0.3 is 0 Å². The molecule has 1 aliphatic heterocycles. The van der Waals surface area contributed by atoms with Crippen molar-refractivity contribution < 1.29 is 4.74 Å². The highest BCUT2D eigenvalue weighted by atomic mass is 79.9. The molecule has 0 aliphatic carbocycles. The Kier molecular flexibility index (Phi) is 3.53. The van der Waals surface area contributed by atoms with Crippen molar-refractivity contribution in [3.63, 3.8) is 0 Å². The smallest absolute Gasteiger partial charge is 0.225 e. The number of morpholine rings is 1. The second-order valence-corrected chi connectivity index (χ2v) is 4.32. The first-order chi connectivity index (χ1) is 7.29. The van der Waals surface area contributed by atoms with Gasteiger partial charge in [0.1, 0.15) is 0 Å². The number of rotatable bonds is 2. The third-order valence-corrected chi connectivity index (χ3v) is 3.06. The van der Waals surface area contributed by atoms with E-state index in [0.717, 1.165) is 24.4 Å². The average molecular weight is 272 g/mol. The van der Waals surface area contributed by atoms with Crippen molar-refractivity contribution in [2.24, 2.45) is 0 Å². The Labute approximate surface area is 97.8 Å². The molecule has 2 heterocycles. The van der Waals surface area contributed by atoms with E-state index in [9.17, 15) is 0 Å². The van der Waals surface area contributed by atoms with Gasteiger partial charge in [-0.2, -0.15) is 0 Å². The van der Waals surface area contributed by atoms with E-state index in [1.54, 1.807) is 12.4 Å². The molecule has 15 heavy (non-hydrogen) atoms. The minimum absolute atomic E-state index is 0.220. The molecule has 1 saturated heterocycles. The molecule has 1 aromatic rings. The zero-order valence-electron chi connectivity index (χ0n) is 8.64. The molecule has 0 aromatic carbocycles.